The summed E-state index contributed by atoms with van der Waals surface area (Å²) >= 11 is 1.64. The first-order valence-corrected chi connectivity index (χ1v) is 7.24. The molecule has 0 aliphatic rings. The summed E-state index contributed by atoms with van der Waals surface area (Å²) in [5.74, 6) is -0.0984. The van der Waals surface area contributed by atoms with Gasteiger partial charge in [0.2, 0.25) is 5.91 Å². The molecule has 4 heteroatoms. The molecule has 1 aromatic heterocycles. The van der Waals surface area contributed by atoms with E-state index in [0.717, 1.165) is 11.3 Å². The van der Waals surface area contributed by atoms with E-state index in [2.05, 4.69) is 5.38 Å². The molecule has 2 N–H and O–H groups in total. The lowest BCUT2D eigenvalue weighted by atomic mass is 10.1. The van der Waals surface area contributed by atoms with Crippen LogP contribution in [0.1, 0.15) is 12.5 Å². The maximum atomic E-state index is 12.5. The molecular formula is C15H18N2OS. The van der Waals surface area contributed by atoms with E-state index in [4.69, 9.17) is 5.73 Å². The van der Waals surface area contributed by atoms with Crippen LogP contribution < -0.4 is 10.6 Å². The molecule has 1 aromatic carbocycles. The number of thiophene rings is 1. The first-order chi connectivity index (χ1) is 9.22. The average Bonchev–Trinajstić information content (AvgIpc) is 2.97. The SMILES string of the molecule is CC(CN)C(=O)N(Cc1ccsc1)c1ccccc1. The summed E-state index contributed by atoms with van der Waals surface area (Å²) in [6, 6.07) is 11.8. The fourth-order valence-corrected chi connectivity index (χ4v) is 2.50. The summed E-state index contributed by atoms with van der Waals surface area (Å²) in [5.41, 5.74) is 7.68. The Labute approximate surface area is 117 Å². The summed E-state index contributed by atoms with van der Waals surface area (Å²) in [7, 11) is 0. The highest BCUT2D eigenvalue weighted by Gasteiger charge is 2.21. The highest BCUT2D eigenvalue weighted by atomic mass is 32.1. The minimum atomic E-state index is -0.168. The molecule has 0 spiro atoms. The van der Waals surface area contributed by atoms with E-state index in [1.54, 1.807) is 16.2 Å². The third kappa shape index (κ3) is 3.43. The van der Waals surface area contributed by atoms with Gasteiger partial charge in [0.1, 0.15) is 0 Å². The minimum absolute atomic E-state index is 0.0694. The van der Waals surface area contributed by atoms with Crippen molar-refractivity contribution in [3.8, 4) is 0 Å². The molecule has 100 valence electrons. The van der Waals surface area contributed by atoms with E-state index < -0.39 is 0 Å². The highest BCUT2D eigenvalue weighted by molar-refractivity contribution is 7.07. The summed E-state index contributed by atoms with van der Waals surface area (Å²) in [4.78, 5) is 14.3. The van der Waals surface area contributed by atoms with Gasteiger partial charge in [-0.3, -0.25) is 4.79 Å². The summed E-state index contributed by atoms with van der Waals surface area (Å²) in [6.07, 6.45) is 0. The normalized spacial score (nSPS) is 12.1. The molecule has 19 heavy (non-hydrogen) atoms. The zero-order chi connectivity index (χ0) is 13.7. The second-order valence-electron chi connectivity index (χ2n) is 4.53. The quantitative estimate of drug-likeness (QED) is 0.911. The minimum Gasteiger partial charge on any atom is -0.330 e. The van der Waals surface area contributed by atoms with Crippen LogP contribution in [0.4, 0.5) is 5.69 Å². The van der Waals surface area contributed by atoms with E-state index in [0.29, 0.717) is 13.1 Å². The van der Waals surface area contributed by atoms with Gasteiger partial charge in [-0.25, -0.2) is 0 Å². The Hall–Kier alpha value is -1.65. The molecular weight excluding hydrogens is 256 g/mol. The molecule has 0 saturated carbocycles. The molecule has 2 aromatic rings. The van der Waals surface area contributed by atoms with Crippen LogP contribution in [0, 0.1) is 5.92 Å². The van der Waals surface area contributed by atoms with Gasteiger partial charge in [0.15, 0.2) is 0 Å². The van der Waals surface area contributed by atoms with Crippen LogP contribution in [0.3, 0.4) is 0 Å². The number of carbonyl (C=O) groups excluding carboxylic acids is 1. The molecule has 1 heterocycles. The van der Waals surface area contributed by atoms with Crippen LogP contribution in [-0.2, 0) is 11.3 Å². The number of rotatable bonds is 5. The number of nitrogens with two attached hydrogens (primary N) is 1. The molecule has 1 unspecified atom stereocenters. The van der Waals surface area contributed by atoms with E-state index in [-0.39, 0.29) is 11.8 Å². The van der Waals surface area contributed by atoms with Crippen molar-refractivity contribution in [1.29, 1.82) is 0 Å². The van der Waals surface area contributed by atoms with E-state index in [1.165, 1.54) is 0 Å². The van der Waals surface area contributed by atoms with Gasteiger partial charge in [-0.1, -0.05) is 25.1 Å². The molecule has 0 saturated heterocycles. The average molecular weight is 274 g/mol. The Morgan fingerprint density at radius 2 is 2.05 bits per heavy atom. The van der Waals surface area contributed by atoms with Gasteiger partial charge in [0, 0.05) is 18.2 Å². The zero-order valence-electron chi connectivity index (χ0n) is 11.0. The number of hydrogen-bond donors (Lipinski definition) is 1. The lowest BCUT2D eigenvalue weighted by Gasteiger charge is -2.25. The van der Waals surface area contributed by atoms with E-state index in [9.17, 15) is 4.79 Å². The third-order valence-corrected chi connectivity index (χ3v) is 3.76. The van der Waals surface area contributed by atoms with Gasteiger partial charge in [-0.05, 0) is 34.5 Å². The molecule has 0 aliphatic carbocycles. The first-order valence-electron chi connectivity index (χ1n) is 6.30. The van der Waals surface area contributed by atoms with Crippen LogP contribution in [0.2, 0.25) is 0 Å². The van der Waals surface area contributed by atoms with Crippen molar-refractivity contribution < 1.29 is 4.79 Å². The van der Waals surface area contributed by atoms with Gasteiger partial charge in [-0.2, -0.15) is 11.3 Å². The van der Waals surface area contributed by atoms with Gasteiger partial charge >= 0.3 is 0 Å². The molecule has 0 aliphatic heterocycles. The van der Waals surface area contributed by atoms with Gasteiger partial charge in [-0.15, -0.1) is 0 Å². The number of para-hydroxylation sites is 1. The fourth-order valence-electron chi connectivity index (χ4n) is 1.84. The Morgan fingerprint density at radius 1 is 1.32 bits per heavy atom. The predicted octanol–water partition coefficient (Wildman–Crippen LogP) is 2.88. The lowest BCUT2D eigenvalue weighted by molar-refractivity contribution is -0.121. The topological polar surface area (TPSA) is 46.3 Å². The molecule has 3 nitrogen and oxygen atoms in total. The monoisotopic (exact) mass is 274 g/mol. The van der Waals surface area contributed by atoms with E-state index in [1.807, 2.05) is 48.7 Å². The molecule has 2 rings (SSSR count). The smallest absolute Gasteiger partial charge is 0.231 e. The Morgan fingerprint density at radius 3 is 2.63 bits per heavy atom. The van der Waals surface area contributed by atoms with Crippen LogP contribution in [-0.4, -0.2) is 12.5 Å². The number of amides is 1. The largest absolute Gasteiger partial charge is 0.330 e. The standard InChI is InChI=1S/C15H18N2OS/c1-12(9-16)15(18)17(10-13-7-8-19-11-13)14-5-3-2-4-6-14/h2-8,11-12H,9-10,16H2,1H3. The van der Waals surface area contributed by atoms with Crippen molar-refractivity contribution in [2.75, 3.05) is 11.4 Å². The summed E-state index contributed by atoms with van der Waals surface area (Å²) in [5, 5.41) is 4.09. The van der Waals surface area contributed by atoms with Crippen LogP contribution in [0.25, 0.3) is 0 Å². The van der Waals surface area contributed by atoms with Crippen LogP contribution >= 0.6 is 11.3 Å². The third-order valence-electron chi connectivity index (χ3n) is 3.03. The molecule has 0 bridgehead atoms. The van der Waals surface area contributed by atoms with Crippen molar-refractivity contribution in [3.63, 3.8) is 0 Å². The second kappa shape index (κ2) is 6.50. The van der Waals surface area contributed by atoms with Crippen molar-refractivity contribution in [2.45, 2.75) is 13.5 Å². The zero-order valence-corrected chi connectivity index (χ0v) is 11.8. The highest BCUT2D eigenvalue weighted by Crippen LogP contribution is 2.20. The Kier molecular flexibility index (Phi) is 4.71. The summed E-state index contributed by atoms with van der Waals surface area (Å²) < 4.78 is 0. The summed E-state index contributed by atoms with van der Waals surface area (Å²) in [6.45, 7) is 2.83. The van der Waals surface area contributed by atoms with Gasteiger partial charge < -0.3 is 10.6 Å². The maximum Gasteiger partial charge on any atom is 0.231 e. The van der Waals surface area contributed by atoms with Crippen LogP contribution in [0.15, 0.2) is 47.2 Å². The lowest BCUT2D eigenvalue weighted by Crippen LogP contribution is -2.37. The predicted molar refractivity (Wildman–Crippen MR) is 80.2 cm³/mol. The van der Waals surface area contributed by atoms with Crippen molar-refractivity contribution in [2.24, 2.45) is 11.7 Å². The van der Waals surface area contributed by atoms with Gasteiger partial charge in [0.05, 0.1) is 6.54 Å². The molecule has 0 radical (unpaired) electrons. The molecule has 1 atom stereocenters. The number of nitrogens with zero attached hydrogens (tertiary/aromatic N) is 1. The number of carbonyl (C=O) groups is 1. The van der Waals surface area contributed by atoms with Crippen molar-refractivity contribution in [3.05, 3.63) is 52.7 Å². The van der Waals surface area contributed by atoms with Gasteiger partial charge in [0.25, 0.3) is 0 Å². The maximum absolute atomic E-state index is 12.5. The van der Waals surface area contributed by atoms with E-state index >= 15 is 0 Å². The Bertz CT molecular complexity index is 510. The number of benzene rings is 1. The Balaban J connectivity index is 2.25. The van der Waals surface area contributed by atoms with Crippen LogP contribution in [0.5, 0.6) is 0 Å². The second-order valence-corrected chi connectivity index (χ2v) is 5.31. The van der Waals surface area contributed by atoms with Crippen molar-refractivity contribution in [1.82, 2.24) is 0 Å². The number of hydrogen-bond acceptors (Lipinski definition) is 3. The molecule has 0 fully saturated rings. The number of anilines is 1. The molecule has 1 amide bonds. The fraction of sp³-hybridized carbons (Fsp3) is 0.267. The first kappa shape index (κ1) is 13.8. The van der Waals surface area contributed by atoms with Crippen molar-refractivity contribution >= 4 is 22.9 Å².